The van der Waals surface area contributed by atoms with Crippen LogP contribution >= 0.6 is 0 Å². The van der Waals surface area contributed by atoms with E-state index in [1.807, 2.05) is 0 Å². The van der Waals surface area contributed by atoms with Crippen LogP contribution in [-0.2, 0) is 16.1 Å². The number of fused-ring (bicyclic) bond motifs is 1. The number of hydrogen-bond donors (Lipinski definition) is 6. The lowest BCUT2D eigenvalue weighted by Gasteiger charge is -2.17. The number of hydrogen-bond acceptors (Lipinski definition) is 9. The van der Waals surface area contributed by atoms with Crippen molar-refractivity contribution in [2.75, 3.05) is 16.8 Å². The highest BCUT2D eigenvalue weighted by molar-refractivity contribution is 5.97. The van der Waals surface area contributed by atoms with Crippen molar-refractivity contribution in [2.45, 2.75) is 32.4 Å². The maximum Gasteiger partial charge on any atom is 0.326 e. The van der Waals surface area contributed by atoms with Crippen LogP contribution in [0, 0.1) is 12.7 Å². The van der Waals surface area contributed by atoms with Gasteiger partial charge in [-0.2, -0.15) is 9.97 Å². The summed E-state index contributed by atoms with van der Waals surface area (Å²) >= 11 is 0. The quantitative estimate of drug-likeness (QED) is 0.170. The third-order valence-electron chi connectivity index (χ3n) is 6.26. The molecule has 0 aliphatic heterocycles. The summed E-state index contributed by atoms with van der Waals surface area (Å²) in [7, 11) is 0. The Bertz CT molecular complexity index is 1610. The van der Waals surface area contributed by atoms with Crippen LogP contribution in [-0.4, -0.2) is 49.1 Å². The number of aryl methyl sites for hydroxylation is 1. The summed E-state index contributed by atoms with van der Waals surface area (Å²) in [5.74, 6) is -3.52. The molecule has 12 nitrogen and oxygen atoms in total. The van der Waals surface area contributed by atoms with Crippen molar-refractivity contribution in [1.82, 2.24) is 20.3 Å². The lowest BCUT2D eigenvalue weighted by atomic mass is 9.98. The van der Waals surface area contributed by atoms with Crippen LogP contribution in [0.5, 0.6) is 0 Å². The van der Waals surface area contributed by atoms with E-state index in [0.29, 0.717) is 27.9 Å². The van der Waals surface area contributed by atoms with Gasteiger partial charge < -0.3 is 32.3 Å². The Hall–Kier alpha value is -5.33. The van der Waals surface area contributed by atoms with Crippen molar-refractivity contribution in [2.24, 2.45) is 0 Å². The predicted octanol–water partition coefficient (Wildman–Crippen LogP) is 2.96. The first-order valence-corrected chi connectivity index (χ1v) is 12.1. The molecule has 0 radical (unpaired) electrons. The lowest BCUT2D eigenvalue weighted by Crippen LogP contribution is -2.41. The second-order valence-electron chi connectivity index (χ2n) is 8.94. The summed E-state index contributed by atoms with van der Waals surface area (Å²) in [5.41, 5.74) is 14.9. The van der Waals surface area contributed by atoms with Gasteiger partial charge in [0.1, 0.15) is 17.7 Å². The molecule has 0 spiro atoms. The Labute approximate surface area is 227 Å². The Balaban J connectivity index is 1.59. The van der Waals surface area contributed by atoms with Crippen LogP contribution in [0.2, 0.25) is 0 Å². The number of rotatable bonds is 10. The summed E-state index contributed by atoms with van der Waals surface area (Å²) in [6, 6.07) is 11.1. The SMILES string of the molecule is Cc1c(CNc2ccc(C(=O)N[C@@H](CCC(=O)O)C(=O)O)cc2)c(-c2ccccc2F)nc2nc(N)nc(N)c12. The standard InChI is InChI=1S/C27H26FN7O5/c1-13-17(22(16-4-2-3-5-18(16)28)33-24-21(13)23(29)34-27(30)35-24)12-31-15-8-6-14(7-9-15)25(38)32-19(26(39)40)10-11-20(36)37/h2-9,19,31H,10-12H2,1H3,(H,32,38)(H,36,37)(H,39,40)(H4,29,30,33,34,35)/t19-/m0/s1. The van der Waals surface area contributed by atoms with E-state index in [9.17, 15) is 23.9 Å². The number of nitrogen functional groups attached to an aromatic ring is 2. The summed E-state index contributed by atoms with van der Waals surface area (Å²) in [6.45, 7) is 2.00. The Kier molecular flexibility index (Phi) is 8.03. The van der Waals surface area contributed by atoms with Gasteiger partial charge in [0.25, 0.3) is 5.91 Å². The molecule has 2 aromatic heterocycles. The smallest absolute Gasteiger partial charge is 0.326 e. The third-order valence-corrected chi connectivity index (χ3v) is 6.26. The number of amides is 1. The summed E-state index contributed by atoms with van der Waals surface area (Å²) in [6.07, 6.45) is -0.648. The average Bonchev–Trinajstić information content (AvgIpc) is 2.90. The van der Waals surface area contributed by atoms with E-state index in [0.717, 1.165) is 0 Å². The van der Waals surface area contributed by atoms with Crippen molar-refractivity contribution < 1.29 is 29.0 Å². The molecule has 0 unspecified atom stereocenters. The van der Waals surface area contributed by atoms with Gasteiger partial charge in [0.15, 0.2) is 5.65 Å². The first-order valence-electron chi connectivity index (χ1n) is 12.1. The number of aromatic nitrogens is 3. The minimum Gasteiger partial charge on any atom is -0.481 e. The van der Waals surface area contributed by atoms with E-state index >= 15 is 0 Å². The summed E-state index contributed by atoms with van der Waals surface area (Å²) in [4.78, 5) is 47.5. The number of aliphatic carboxylic acids is 2. The lowest BCUT2D eigenvalue weighted by molar-refractivity contribution is -0.140. The molecule has 1 amide bonds. The maximum absolute atomic E-state index is 14.8. The third kappa shape index (κ3) is 6.04. The predicted molar refractivity (Wildman–Crippen MR) is 146 cm³/mol. The Morgan fingerprint density at radius 1 is 1.00 bits per heavy atom. The van der Waals surface area contributed by atoms with E-state index in [-0.39, 0.29) is 41.5 Å². The first kappa shape index (κ1) is 27.7. The molecule has 0 aliphatic rings. The fraction of sp³-hybridized carbons (Fsp3) is 0.185. The topological polar surface area (TPSA) is 206 Å². The van der Waals surface area contributed by atoms with Crippen molar-refractivity contribution in [3.8, 4) is 11.3 Å². The van der Waals surface area contributed by atoms with Crippen LogP contribution in [0.3, 0.4) is 0 Å². The summed E-state index contributed by atoms with van der Waals surface area (Å²) < 4.78 is 14.8. The van der Waals surface area contributed by atoms with E-state index in [2.05, 4.69) is 25.6 Å². The van der Waals surface area contributed by atoms with Gasteiger partial charge in [-0.25, -0.2) is 14.2 Å². The number of nitrogens with one attached hydrogen (secondary N) is 2. The number of benzene rings is 2. The van der Waals surface area contributed by atoms with Gasteiger partial charge in [-0.05, 0) is 55.3 Å². The second-order valence-corrected chi connectivity index (χ2v) is 8.94. The minimum absolute atomic E-state index is 0.0528. The number of halogens is 1. The van der Waals surface area contributed by atoms with Gasteiger partial charge in [0.2, 0.25) is 5.95 Å². The highest BCUT2D eigenvalue weighted by atomic mass is 19.1. The molecule has 4 rings (SSSR count). The fourth-order valence-corrected chi connectivity index (χ4v) is 4.21. The molecular formula is C27H26FN7O5. The molecule has 13 heteroatoms. The molecule has 0 aliphatic carbocycles. The molecule has 206 valence electrons. The number of pyridine rings is 1. The van der Waals surface area contributed by atoms with Gasteiger partial charge in [-0.3, -0.25) is 9.59 Å². The zero-order chi connectivity index (χ0) is 29.0. The van der Waals surface area contributed by atoms with Crippen LogP contribution in [0.1, 0.15) is 34.3 Å². The average molecular weight is 548 g/mol. The van der Waals surface area contributed by atoms with E-state index in [4.69, 9.17) is 16.6 Å². The number of carbonyl (C=O) groups is 3. The number of anilines is 3. The normalized spacial score (nSPS) is 11.7. The van der Waals surface area contributed by atoms with Crippen LogP contribution in [0.25, 0.3) is 22.3 Å². The van der Waals surface area contributed by atoms with Crippen LogP contribution in [0.15, 0.2) is 48.5 Å². The van der Waals surface area contributed by atoms with Crippen LogP contribution in [0.4, 0.5) is 21.8 Å². The second kappa shape index (κ2) is 11.6. The molecule has 0 saturated heterocycles. The minimum atomic E-state index is -1.34. The van der Waals surface area contributed by atoms with Gasteiger partial charge in [-0.1, -0.05) is 12.1 Å². The molecule has 0 fully saturated rings. The van der Waals surface area contributed by atoms with Crippen molar-refractivity contribution >= 4 is 46.3 Å². The zero-order valence-corrected chi connectivity index (χ0v) is 21.3. The molecule has 4 aromatic rings. The summed E-state index contributed by atoms with van der Waals surface area (Å²) in [5, 5.41) is 24.1. The van der Waals surface area contributed by atoms with Gasteiger partial charge in [0, 0.05) is 35.3 Å². The highest BCUT2D eigenvalue weighted by Gasteiger charge is 2.22. The zero-order valence-electron chi connectivity index (χ0n) is 21.3. The van der Waals surface area contributed by atoms with Crippen molar-refractivity contribution in [3.05, 3.63) is 71.0 Å². The van der Waals surface area contributed by atoms with Gasteiger partial charge >= 0.3 is 11.9 Å². The first-order chi connectivity index (χ1) is 19.0. The largest absolute Gasteiger partial charge is 0.481 e. The van der Waals surface area contributed by atoms with Crippen molar-refractivity contribution in [1.29, 1.82) is 0 Å². The monoisotopic (exact) mass is 547 g/mol. The molecular weight excluding hydrogens is 521 g/mol. The maximum atomic E-state index is 14.8. The van der Waals surface area contributed by atoms with Crippen LogP contribution < -0.4 is 22.1 Å². The molecule has 1 atom stereocenters. The van der Waals surface area contributed by atoms with Gasteiger partial charge in [-0.15, -0.1) is 0 Å². The molecule has 0 saturated carbocycles. The molecule has 8 N–H and O–H groups in total. The van der Waals surface area contributed by atoms with E-state index in [1.54, 1.807) is 37.3 Å². The fourth-order valence-electron chi connectivity index (χ4n) is 4.21. The number of nitrogens with two attached hydrogens (primary N) is 2. The molecule has 2 heterocycles. The van der Waals surface area contributed by atoms with Gasteiger partial charge in [0.05, 0.1) is 11.1 Å². The number of carbonyl (C=O) groups excluding carboxylic acids is 1. The highest BCUT2D eigenvalue weighted by Crippen LogP contribution is 2.33. The van der Waals surface area contributed by atoms with E-state index < -0.39 is 36.1 Å². The Morgan fingerprint density at radius 2 is 1.70 bits per heavy atom. The number of carboxylic acid groups (broad SMARTS) is 2. The molecule has 2 aromatic carbocycles. The molecule has 40 heavy (non-hydrogen) atoms. The Morgan fingerprint density at radius 3 is 2.35 bits per heavy atom. The van der Waals surface area contributed by atoms with E-state index in [1.165, 1.54) is 18.2 Å². The number of carboxylic acids is 2. The molecule has 0 bridgehead atoms. The van der Waals surface area contributed by atoms with Crippen molar-refractivity contribution in [3.63, 3.8) is 0 Å². The number of nitrogens with zero attached hydrogens (tertiary/aromatic N) is 3.